The molecule has 0 radical (unpaired) electrons. The minimum Gasteiger partial charge on any atom is -0.494 e. The van der Waals surface area contributed by atoms with Crippen molar-refractivity contribution in [2.45, 2.75) is 44.5 Å². The normalized spacial score (nSPS) is 17.2. The van der Waals surface area contributed by atoms with Gasteiger partial charge in [0.2, 0.25) is 5.90 Å². The van der Waals surface area contributed by atoms with Crippen LogP contribution in [0.4, 0.5) is 0 Å². The van der Waals surface area contributed by atoms with Crippen LogP contribution in [0.25, 0.3) is 16.5 Å². The molecule has 0 aliphatic carbocycles. The first kappa shape index (κ1) is 32.0. The van der Waals surface area contributed by atoms with Crippen LogP contribution in [-0.2, 0) is 22.6 Å². The molecule has 1 amide bonds. The minimum absolute atomic E-state index is 0.0536. The van der Waals surface area contributed by atoms with Crippen molar-refractivity contribution in [1.29, 1.82) is 0 Å². The van der Waals surface area contributed by atoms with Gasteiger partial charge in [0.05, 0.1) is 13.2 Å². The first-order valence-corrected chi connectivity index (χ1v) is 15.3. The van der Waals surface area contributed by atoms with Gasteiger partial charge in [0.1, 0.15) is 5.75 Å². The second-order valence-electron chi connectivity index (χ2n) is 11.1. The van der Waals surface area contributed by atoms with Gasteiger partial charge in [0, 0.05) is 36.5 Å². The van der Waals surface area contributed by atoms with Gasteiger partial charge in [-0.25, -0.2) is 4.99 Å². The molecule has 4 aromatic rings. The van der Waals surface area contributed by atoms with E-state index in [4.69, 9.17) is 25.1 Å². The highest BCUT2D eigenvalue weighted by atomic mass is 16.5. The lowest BCUT2D eigenvalue weighted by atomic mass is 9.82. The van der Waals surface area contributed by atoms with E-state index in [1.165, 1.54) is 0 Å². The van der Waals surface area contributed by atoms with Gasteiger partial charge in [-0.1, -0.05) is 102 Å². The van der Waals surface area contributed by atoms with Gasteiger partial charge >= 0.3 is 0 Å². The summed E-state index contributed by atoms with van der Waals surface area (Å²) in [6, 6.07) is 32.7. The van der Waals surface area contributed by atoms with Crippen molar-refractivity contribution in [3.05, 3.63) is 153 Å². The third kappa shape index (κ3) is 7.82. The van der Waals surface area contributed by atoms with E-state index >= 15 is 0 Å². The summed E-state index contributed by atoms with van der Waals surface area (Å²) in [6.45, 7) is 2.89. The molecule has 0 saturated heterocycles. The zero-order valence-electron chi connectivity index (χ0n) is 25.8. The molecule has 0 bridgehead atoms. The molecule has 1 aliphatic rings. The first-order chi connectivity index (χ1) is 22.5. The van der Waals surface area contributed by atoms with Crippen molar-refractivity contribution in [3.63, 3.8) is 0 Å². The highest BCUT2D eigenvalue weighted by Crippen LogP contribution is 2.44. The minimum atomic E-state index is -1.38. The van der Waals surface area contributed by atoms with Crippen LogP contribution < -0.4 is 10.1 Å². The second-order valence-corrected chi connectivity index (χ2v) is 11.1. The molecule has 0 spiro atoms. The number of aliphatic imine (C=N–C) groups is 1. The molecule has 0 saturated carbocycles. The average molecular weight is 616 g/mol. The Morgan fingerprint density at radius 3 is 2.61 bits per heavy atom. The summed E-state index contributed by atoms with van der Waals surface area (Å²) < 4.78 is 12.4. The maximum atomic E-state index is 14.5. The highest BCUT2D eigenvalue weighted by molar-refractivity contribution is 6.01. The third-order valence-electron chi connectivity index (χ3n) is 7.75. The number of nitrogens with one attached hydrogen (secondary N) is 1. The van der Waals surface area contributed by atoms with E-state index in [1.54, 1.807) is 0 Å². The van der Waals surface area contributed by atoms with Crippen LogP contribution in [0.1, 0.15) is 52.3 Å². The maximum absolute atomic E-state index is 14.5. The number of hydrogen-bond donors (Lipinski definition) is 2. The second kappa shape index (κ2) is 15.6. The Morgan fingerprint density at radius 1 is 1.07 bits per heavy atom. The van der Waals surface area contributed by atoms with Gasteiger partial charge in [0.25, 0.3) is 5.91 Å². The van der Waals surface area contributed by atoms with Crippen LogP contribution in [0.2, 0.25) is 0 Å². The van der Waals surface area contributed by atoms with Gasteiger partial charge in [-0.3, -0.25) is 4.79 Å². The Kier molecular flexibility index (Phi) is 10.8. The van der Waals surface area contributed by atoms with Gasteiger partial charge in [-0.05, 0) is 59.0 Å². The summed E-state index contributed by atoms with van der Waals surface area (Å²) in [5.41, 5.74) is 12.9. The Hall–Kier alpha value is -5.37. The molecule has 9 nitrogen and oxygen atoms in total. The molecule has 5 rings (SSSR count). The van der Waals surface area contributed by atoms with E-state index in [0.29, 0.717) is 36.8 Å². The summed E-state index contributed by atoms with van der Waals surface area (Å²) in [7, 11) is 0. The number of rotatable bonds is 14. The number of carbonyl (C=O) groups excluding carboxylic acids is 1. The van der Waals surface area contributed by atoms with Gasteiger partial charge in [-0.2, -0.15) is 0 Å². The van der Waals surface area contributed by atoms with Crippen molar-refractivity contribution < 1.29 is 19.4 Å². The SMILES string of the molecule is Cc1cccc(CNC(=O)[C@]2(C/C=C/c3ccccc3)N=C(c3ccc(OCCCO)cc3)O[C@@H]2c2ccccc2CN=[N+]=[N-])c1. The standard InChI is InChI=1S/C37H37N5O4/c1-27-10-7-13-29(24-27)25-39-36(44)37(21-8-14-28-11-3-2-4-12-28)34(33-16-6-5-15-31(33)26-40-42-38)46-35(41-37)30-17-19-32(20-18-30)45-23-9-22-43/h2-8,10-20,24,34,43H,9,21-23,25-26H2,1H3,(H,39,44)/b14-8+/t34-,37-/m1/s1. The van der Waals surface area contributed by atoms with Crippen LogP contribution in [0.15, 0.2) is 119 Å². The Balaban J connectivity index is 1.57. The highest BCUT2D eigenvalue weighted by Gasteiger charge is 2.53. The summed E-state index contributed by atoms with van der Waals surface area (Å²) in [4.78, 5) is 22.5. The third-order valence-corrected chi connectivity index (χ3v) is 7.75. The lowest BCUT2D eigenvalue weighted by Crippen LogP contribution is -2.48. The van der Waals surface area contributed by atoms with Crippen LogP contribution in [-0.4, -0.2) is 35.7 Å². The summed E-state index contributed by atoms with van der Waals surface area (Å²) in [5.74, 6) is 0.693. The van der Waals surface area contributed by atoms with Crippen LogP contribution >= 0.6 is 0 Å². The van der Waals surface area contributed by atoms with Crippen molar-refractivity contribution in [3.8, 4) is 5.75 Å². The number of nitrogens with zero attached hydrogens (tertiary/aromatic N) is 4. The predicted molar refractivity (Wildman–Crippen MR) is 179 cm³/mol. The van der Waals surface area contributed by atoms with Crippen molar-refractivity contribution >= 4 is 17.9 Å². The van der Waals surface area contributed by atoms with Gasteiger partial charge in [-0.15, -0.1) is 0 Å². The van der Waals surface area contributed by atoms with Gasteiger partial charge in [0.15, 0.2) is 11.6 Å². The van der Waals surface area contributed by atoms with Crippen molar-refractivity contribution in [2.24, 2.45) is 10.1 Å². The first-order valence-electron chi connectivity index (χ1n) is 15.3. The fourth-order valence-corrected chi connectivity index (χ4v) is 5.43. The van der Waals surface area contributed by atoms with E-state index in [1.807, 2.05) is 122 Å². The Labute approximate surface area is 268 Å². The van der Waals surface area contributed by atoms with E-state index in [0.717, 1.165) is 27.8 Å². The lowest BCUT2D eigenvalue weighted by molar-refractivity contribution is -0.129. The molecule has 0 unspecified atom stereocenters. The molecule has 2 N–H and O–H groups in total. The number of aryl methyl sites for hydroxylation is 1. The predicted octanol–water partition coefficient (Wildman–Crippen LogP) is 7.24. The number of azide groups is 1. The smallest absolute Gasteiger partial charge is 0.252 e. The molecule has 0 fully saturated rings. The summed E-state index contributed by atoms with van der Waals surface area (Å²) in [6.07, 6.45) is 3.90. The number of amides is 1. The molecule has 2 atom stereocenters. The largest absolute Gasteiger partial charge is 0.494 e. The van der Waals surface area contributed by atoms with Crippen molar-refractivity contribution in [1.82, 2.24) is 5.32 Å². The molecule has 1 heterocycles. The van der Waals surface area contributed by atoms with Crippen molar-refractivity contribution in [2.75, 3.05) is 13.2 Å². The fraction of sp³-hybridized carbons (Fsp3) is 0.243. The number of carbonyl (C=O) groups is 1. The Morgan fingerprint density at radius 2 is 1.85 bits per heavy atom. The van der Waals surface area contributed by atoms with Crippen LogP contribution in [0.3, 0.4) is 0 Å². The molecular formula is C37H37N5O4. The topological polar surface area (TPSA) is 129 Å². The molecule has 4 aromatic carbocycles. The number of aliphatic hydroxyl groups excluding tert-OH is 1. The lowest BCUT2D eigenvalue weighted by Gasteiger charge is -2.31. The molecule has 46 heavy (non-hydrogen) atoms. The Bertz CT molecular complexity index is 1730. The van der Waals surface area contributed by atoms with Crippen LogP contribution in [0, 0.1) is 6.92 Å². The molecular weight excluding hydrogens is 578 g/mol. The molecule has 234 valence electrons. The zero-order valence-corrected chi connectivity index (χ0v) is 25.8. The average Bonchev–Trinajstić information content (AvgIpc) is 3.48. The van der Waals surface area contributed by atoms with Gasteiger partial charge < -0.3 is 19.9 Å². The number of aliphatic hydroxyl groups is 1. The number of benzene rings is 4. The molecule has 0 aromatic heterocycles. The maximum Gasteiger partial charge on any atom is 0.252 e. The molecule has 1 aliphatic heterocycles. The zero-order chi connectivity index (χ0) is 32.2. The van der Waals surface area contributed by atoms with E-state index in [2.05, 4.69) is 15.3 Å². The summed E-state index contributed by atoms with van der Waals surface area (Å²) >= 11 is 0. The monoisotopic (exact) mass is 615 g/mol. The van der Waals surface area contributed by atoms with Crippen LogP contribution in [0.5, 0.6) is 5.75 Å². The number of ether oxygens (including phenoxy) is 2. The molecule has 9 heteroatoms. The summed E-state index contributed by atoms with van der Waals surface area (Å²) in [5, 5.41) is 16.0. The quantitative estimate of drug-likeness (QED) is 0.0670. The fourth-order valence-electron chi connectivity index (χ4n) is 5.43. The van der Waals surface area contributed by atoms with E-state index in [-0.39, 0.29) is 25.5 Å². The van der Waals surface area contributed by atoms with E-state index in [9.17, 15) is 4.79 Å². The number of hydrogen-bond acceptors (Lipinski definition) is 6. The van der Waals surface area contributed by atoms with E-state index < -0.39 is 11.6 Å².